The monoisotopic (exact) mass is 351 g/mol. The number of nitrogens with zero attached hydrogens (tertiary/aromatic N) is 2. The molecule has 1 aliphatic rings. The predicted octanol–water partition coefficient (Wildman–Crippen LogP) is 5.11. The number of nitriles is 1. The third-order valence-corrected chi connectivity index (χ3v) is 4.41. The van der Waals surface area contributed by atoms with Gasteiger partial charge in [0.1, 0.15) is 6.07 Å². The van der Waals surface area contributed by atoms with Crippen LogP contribution in [0.15, 0.2) is 66.2 Å². The van der Waals surface area contributed by atoms with E-state index in [0.717, 1.165) is 11.4 Å². The van der Waals surface area contributed by atoms with E-state index < -0.39 is 0 Å². The molecule has 4 nitrogen and oxygen atoms in total. The van der Waals surface area contributed by atoms with Gasteiger partial charge in [-0.25, -0.2) is 0 Å². The van der Waals surface area contributed by atoms with Crippen LogP contribution >= 0.6 is 11.6 Å². The fraction of sp³-hybridized carbons (Fsp3) is 0.150. The van der Waals surface area contributed by atoms with Crippen molar-refractivity contribution in [2.45, 2.75) is 13.8 Å². The number of hydrogen-bond donors (Lipinski definition) is 1. The number of aryl methyl sites for hydroxylation is 2. The van der Waals surface area contributed by atoms with Crippen LogP contribution in [0.25, 0.3) is 0 Å². The normalized spacial score (nSPS) is 13.9. The van der Waals surface area contributed by atoms with E-state index in [2.05, 4.69) is 37.4 Å². The lowest BCUT2D eigenvalue weighted by Gasteiger charge is -2.16. The quantitative estimate of drug-likeness (QED) is 0.831. The first-order valence-electron chi connectivity index (χ1n) is 7.89. The molecular weight excluding hydrogens is 334 g/mol. The number of para-hydroxylation sites is 1. The molecule has 0 spiro atoms. The maximum Gasteiger partial charge on any atom is 0.166 e. The number of hydrogen-bond acceptors (Lipinski definition) is 4. The summed E-state index contributed by atoms with van der Waals surface area (Å²) >= 11 is 6.23. The minimum Gasteiger partial charge on any atom is -0.470 e. The highest BCUT2D eigenvalue weighted by molar-refractivity contribution is 6.33. The van der Waals surface area contributed by atoms with Crippen molar-refractivity contribution in [1.82, 2.24) is 0 Å². The molecule has 126 valence electrons. The maximum absolute atomic E-state index is 9.52. The van der Waals surface area contributed by atoms with Crippen molar-refractivity contribution in [3.63, 3.8) is 0 Å². The Bertz CT molecular complexity index is 896. The van der Waals surface area contributed by atoms with Gasteiger partial charge in [-0.05, 0) is 55.3 Å². The van der Waals surface area contributed by atoms with Crippen LogP contribution in [0.3, 0.4) is 0 Å². The van der Waals surface area contributed by atoms with Gasteiger partial charge in [0.05, 0.1) is 10.7 Å². The van der Waals surface area contributed by atoms with Crippen LogP contribution in [0, 0.1) is 25.2 Å². The van der Waals surface area contributed by atoms with Crippen molar-refractivity contribution < 1.29 is 4.74 Å². The standard InChI is InChI=1S/C20H18ClN3O/c1-14-7-8-16(11-15(14)2)23-10-9-20-19(12-22)24(13-25-20)18-6-4-3-5-17(18)21/h3-11,23H,13H2,1-2H3/b10-9+. The molecule has 0 bridgehead atoms. The van der Waals surface area contributed by atoms with Gasteiger partial charge in [0.2, 0.25) is 0 Å². The number of halogens is 1. The SMILES string of the molecule is Cc1ccc(N/C=C/C2=C(C#N)N(c3ccccc3Cl)CO2)cc1C. The van der Waals surface area contributed by atoms with Crippen LogP contribution < -0.4 is 10.2 Å². The Morgan fingerprint density at radius 3 is 2.72 bits per heavy atom. The van der Waals surface area contributed by atoms with Crippen molar-refractivity contribution in [2.75, 3.05) is 16.9 Å². The lowest BCUT2D eigenvalue weighted by molar-refractivity contribution is 0.257. The third kappa shape index (κ3) is 3.62. The number of rotatable bonds is 4. The summed E-state index contributed by atoms with van der Waals surface area (Å²) in [5.41, 5.74) is 4.65. The zero-order chi connectivity index (χ0) is 17.8. The average molecular weight is 352 g/mol. The molecule has 2 aromatic carbocycles. The zero-order valence-electron chi connectivity index (χ0n) is 14.1. The summed E-state index contributed by atoms with van der Waals surface area (Å²) in [5, 5.41) is 13.3. The van der Waals surface area contributed by atoms with E-state index in [-0.39, 0.29) is 6.73 Å². The Kier molecular flexibility index (Phi) is 4.97. The molecule has 0 saturated heterocycles. The first-order valence-corrected chi connectivity index (χ1v) is 8.27. The largest absolute Gasteiger partial charge is 0.470 e. The molecule has 1 aliphatic heterocycles. The van der Waals surface area contributed by atoms with Gasteiger partial charge in [-0.2, -0.15) is 5.26 Å². The second-order valence-corrected chi connectivity index (χ2v) is 6.16. The number of benzene rings is 2. The Labute approximate surface area is 152 Å². The van der Waals surface area contributed by atoms with Gasteiger partial charge in [-0.15, -0.1) is 0 Å². The highest BCUT2D eigenvalue weighted by Crippen LogP contribution is 2.32. The highest BCUT2D eigenvalue weighted by atomic mass is 35.5. The Morgan fingerprint density at radius 2 is 2.00 bits per heavy atom. The molecule has 0 unspecified atom stereocenters. The van der Waals surface area contributed by atoms with Gasteiger partial charge in [0.15, 0.2) is 18.2 Å². The van der Waals surface area contributed by atoms with Crippen LogP contribution in [0.4, 0.5) is 11.4 Å². The van der Waals surface area contributed by atoms with Gasteiger partial charge in [0.25, 0.3) is 0 Å². The van der Waals surface area contributed by atoms with Crippen molar-refractivity contribution in [2.24, 2.45) is 0 Å². The first-order chi connectivity index (χ1) is 12.1. The molecule has 0 fully saturated rings. The lowest BCUT2D eigenvalue weighted by Crippen LogP contribution is -2.18. The van der Waals surface area contributed by atoms with Crippen LogP contribution in [-0.2, 0) is 4.74 Å². The van der Waals surface area contributed by atoms with Gasteiger partial charge in [-0.3, -0.25) is 4.90 Å². The minimum atomic E-state index is 0.260. The van der Waals surface area contributed by atoms with E-state index in [9.17, 15) is 5.26 Å². The smallest absolute Gasteiger partial charge is 0.166 e. The summed E-state index contributed by atoms with van der Waals surface area (Å²) < 4.78 is 5.66. The van der Waals surface area contributed by atoms with Crippen LogP contribution in [0.2, 0.25) is 5.02 Å². The molecule has 25 heavy (non-hydrogen) atoms. The van der Waals surface area contributed by atoms with Crippen LogP contribution in [0.1, 0.15) is 11.1 Å². The van der Waals surface area contributed by atoms with E-state index in [1.54, 1.807) is 23.2 Å². The molecule has 3 rings (SSSR count). The minimum absolute atomic E-state index is 0.260. The summed E-state index contributed by atoms with van der Waals surface area (Å²) in [5.74, 6) is 0.513. The third-order valence-electron chi connectivity index (χ3n) is 4.09. The summed E-state index contributed by atoms with van der Waals surface area (Å²) in [6, 6.07) is 15.7. The Balaban J connectivity index is 1.79. The van der Waals surface area contributed by atoms with E-state index >= 15 is 0 Å². The maximum atomic E-state index is 9.52. The van der Waals surface area contributed by atoms with Gasteiger partial charge >= 0.3 is 0 Å². The van der Waals surface area contributed by atoms with Gasteiger partial charge < -0.3 is 10.1 Å². The molecule has 5 heteroatoms. The number of nitrogens with one attached hydrogen (secondary N) is 1. The fourth-order valence-corrected chi connectivity index (χ4v) is 2.79. The lowest BCUT2D eigenvalue weighted by atomic mass is 10.1. The average Bonchev–Trinajstić information content (AvgIpc) is 3.01. The van der Waals surface area contributed by atoms with Crippen molar-refractivity contribution in [3.8, 4) is 6.07 Å². The zero-order valence-corrected chi connectivity index (χ0v) is 14.8. The van der Waals surface area contributed by atoms with E-state index in [0.29, 0.717) is 16.5 Å². The summed E-state index contributed by atoms with van der Waals surface area (Å²) in [6.45, 7) is 4.41. The van der Waals surface area contributed by atoms with E-state index in [4.69, 9.17) is 16.3 Å². The fourth-order valence-electron chi connectivity index (χ4n) is 2.55. The second kappa shape index (κ2) is 7.33. The second-order valence-electron chi connectivity index (χ2n) is 5.75. The van der Waals surface area contributed by atoms with Gasteiger partial charge in [-0.1, -0.05) is 29.8 Å². The molecular formula is C20H18ClN3O. The first kappa shape index (κ1) is 16.9. The topological polar surface area (TPSA) is 48.3 Å². The van der Waals surface area contributed by atoms with Crippen LogP contribution in [-0.4, -0.2) is 6.73 Å². The Hall–Kier alpha value is -2.90. The molecule has 0 atom stereocenters. The van der Waals surface area contributed by atoms with Crippen LogP contribution in [0.5, 0.6) is 0 Å². The van der Waals surface area contributed by atoms with E-state index in [1.165, 1.54) is 11.1 Å². The van der Waals surface area contributed by atoms with Crippen molar-refractivity contribution in [1.29, 1.82) is 5.26 Å². The molecule has 0 saturated carbocycles. The molecule has 1 N–H and O–H groups in total. The summed E-state index contributed by atoms with van der Waals surface area (Å²) in [6.07, 6.45) is 3.53. The number of allylic oxidation sites excluding steroid dienone is 2. The van der Waals surface area contributed by atoms with Crippen molar-refractivity contribution in [3.05, 3.63) is 82.3 Å². The van der Waals surface area contributed by atoms with E-state index in [1.807, 2.05) is 24.3 Å². The molecule has 2 aromatic rings. The van der Waals surface area contributed by atoms with Crippen molar-refractivity contribution >= 4 is 23.0 Å². The summed E-state index contributed by atoms with van der Waals surface area (Å²) in [7, 11) is 0. The molecule has 0 aliphatic carbocycles. The highest BCUT2D eigenvalue weighted by Gasteiger charge is 2.25. The Morgan fingerprint density at radius 1 is 1.20 bits per heavy atom. The number of anilines is 2. The number of ether oxygens (including phenoxy) is 1. The molecule has 0 aromatic heterocycles. The summed E-state index contributed by atoms with van der Waals surface area (Å²) in [4.78, 5) is 1.76. The molecule has 0 amide bonds. The predicted molar refractivity (Wildman–Crippen MR) is 101 cm³/mol. The molecule has 1 heterocycles. The molecule has 0 radical (unpaired) electrons. The van der Waals surface area contributed by atoms with Gasteiger partial charge in [0, 0.05) is 11.9 Å².